The summed E-state index contributed by atoms with van der Waals surface area (Å²) >= 11 is 0.967. The van der Waals surface area contributed by atoms with Crippen molar-refractivity contribution in [2.24, 2.45) is 21.6 Å². The quantitative estimate of drug-likeness (QED) is 0.0467. The van der Waals surface area contributed by atoms with Gasteiger partial charge in [-0.25, -0.2) is 9.78 Å². The number of nitrogen functional groups attached to an aromatic ring is 1. The highest BCUT2D eigenvalue weighted by Crippen LogP contribution is 2.35. The predicted octanol–water partition coefficient (Wildman–Crippen LogP) is 0.888. The molecule has 2 amide bonds. The van der Waals surface area contributed by atoms with Crippen molar-refractivity contribution < 1.29 is 46.3 Å². The zero-order valence-corrected chi connectivity index (χ0v) is 29.2. The lowest BCUT2D eigenvalue weighted by atomic mass is 9.84. The number of fused-ring (bicyclic) bond motifs is 1. The number of nitrogens with zero attached hydrogens (tertiary/aromatic N) is 4. The molecule has 0 bridgehead atoms. The van der Waals surface area contributed by atoms with E-state index in [-0.39, 0.29) is 29.3 Å². The van der Waals surface area contributed by atoms with Crippen molar-refractivity contribution in [1.82, 2.24) is 15.4 Å². The Morgan fingerprint density at radius 1 is 1.22 bits per heavy atom. The lowest BCUT2D eigenvalue weighted by Gasteiger charge is -2.50. The van der Waals surface area contributed by atoms with E-state index in [4.69, 9.17) is 36.3 Å². The number of aliphatic carboxylic acids is 1. The smallest absolute Gasteiger partial charge is 0.418 e. The Morgan fingerprint density at radius 2 is 1.96 bits per heavy atom. The molecule has 1 saturated carbocycles. The maximum Gasteiger partial charge on any atom is 0.418 e. The van der Waals surface area contributed by atoms with Gasteiger partial charge in [0.05, 0.1) is 11.6 Å². The van der Waals surface area contributed by atoms with E-state index in [1.165, 1.54) is 26.2 Å². The van der Waals surface area contributed by atoms with Crippen LogP contribution in [0.3, 0.4) is 0 Å². The van der Waals surface area contributed by atoms with E-state index in [1.807, 2.05) is 6.07 Å². The van der Waals surface area contributed by atoms with Crippen molar-refractivity contribution in [1.29, 1.82) is 0 Å². The minimum absolute atomic E-state index is 0.0602. The van der Waals surface area contributed by atoms with Gasteiger partial charge in [0.15, 0.2) is 16.9 Å². The second kappa shape index (κ2) is 14.1. The Kier molecular flexibility index (Phi) is 10.4. The molecular weight excluding hydrogens is 697 g/mol. The van der Waals surface area contributed by atoms with Gasteiger partial charge in [0, 0.05) is 17.0 Å². The molecule has 0 spiro atoms. The molecule has 5 atom stereocenters. The van der Waals surface area contributed by atoms with Crippen LogP contribution < -0.4 is 27.3 Å². The second-order valence-electron chi connectivity index (χ2n) is 13.1. The van der Waals surface area contributed by atoms with Gasteiger partial charge in [-0.05, 0) is 89.5 Å². The molecule has 2 aliphatic heterocycles. The number of anilines is 1. The van der Waals surface area contributed by atoms with E-state index in [0.29, 0.717) is 23.1 Å². The fraction of sp³-hybridized carbons (Fsp3) is 0.533. The van der Waals surface area contributed by atoms with Crippen LogP contribution in [0, 0.1) is 0 Å². The zero-order chi connectivity index (χ0) is 36.6. The molecule has 50 heavy (non-hydrogen) atoms. The number of aryl methyl sites for hydroxylation is 1. The average Bonchev–Trinajstić information content (AvgIpc) is 3.38. The van der Waals surface area contributed by atoms with Crippen molar-refractivity contribution >= 4 is 56.2 Å². The number of carbonyl (C=O) groups is 3. The van der Waals surface area contributed by atoms with Crippen LogP contribution in [0.15, 0.2) is 33.7 Å². The number of ether oxygens (including phenoxy) is 1. The summed E-state index contributed by atoms with van der Waals surface area (Å²) in [6, 6.07) is 4.25. The topological polar surface area (TPSA) is 284 Å². The van der Waals surface area contributed by atoms with Crippen molar-refractivity contribution in [2.75, 3.05) is 5.73 Å². The van der Waals surface area contributed by atoms with Crippen molar-refractivity contribution in [3.63, 3.8) is 0 Å². The van der Waals surface area contributed by atoms with Crippen LogP contribution in [-0.4, -0.2) is 92.8 Å². The number of thiazole rings is 1. The standard InChI is InChI=1S/C30H40N8O10S2/c1-29(2)23(26(40)38(29)48-50(43,44)45)36-25(39)22(19-14-49-28(33)35-19)37-47-30(3,27(41)42)21-12-8-15-13-16(7-11-20(15)46-21)24(32)34-18-6-4-5-17(31)9-10-18/h7,11,13-14,17-18,21,23H,4-6,8-10,12,31H2,1-3H3,(H2,32,34)(H2,33,35)(H,36,39)(H,41,42)(H,43,44,45)/b37-22-/t17-,18+,21-,23-,30?/m1/s1. The number of hydroxylamine groups is 2. The van der Waals surface area contributed by atoms with E-state index < -0.39 is 57.2 Å². The Balaban J connectivity index is 1.34. The highest BCUT2D eigenvalue weighted by Gasteiger charge is 2.58. The molecule has 0 radical (unpaired) electrons. The van der Waals surface area contributed by atoms with Crippen LogP contribution >= 0.6 is 11.3 Å². The molecule has 2 fully saturated rings. The summed E-state index contributed by atoms with van der Waals surface area (Å²) < 4.78 is 41.8. The number of β-lactam (4-membered cyclic amide) rings is 1. The van der Waals surface area contributed by atoms with E-state index in [9.17, 15) is 27.9 Å². The van der Waals surface area contributed by atoms with Gasteiger partial charge in [-0.1, -0.05) is 5.16 Å². The third-order valence-corrected chi connectivity index (χ3v) is 10.1. The normalized spacial score (nSPS) is 25.3. The number of hydrogen-bond acceptors (Lipinski definition) is 14. The number of hydrogen-bond donors (Lipinski definition) is 6. The molecule has 9 N–H and O–H groups in total. The van der Waals surface area contributed by atoms with Gasteiger partial charge in [-0.15, -0.1) is 15.6 Å². The van der Waals surface area contributed by atoms with Gasteiger partial charge >= 0.3 is 16.4 Å². The summed E-state index contributed by atoms with van der Waals surface area (Å²) in [7, 11) is -5.03. The molecule has 1 aromatic carbocycles. The molecule has 1 aliphatic carbocycles. The molecule has 1 unspecified atom stereocenters. The number of benzene rings is 1. The van der Waals surface area contributed by atoms with Gasteiger partial charge in [0.25, 0.3) is 17.4 Å². The fourth-order valence-corrected chi connectivity index (χ4v) is 7.04. The molecule has 1 saturated heterocycles. The Morgan fingerprint density at radius 3 is 2.60 bits per heavy atom. The molecule has 272 valence electrons. The number of carboxylic acids is 1. The summed E-state index contributed by atoms with van der Waals surface area (Å²) in [5.74, 6) is -2.62. The maximum atomic E-state index is 13.5. The molecule has 3 aliphatic rings. The van der Waals surface area contributed by atoms with Gasteiger partial charge in [-0.2, -0.15) is 13.5 Å². The molecule has 3 heterocycles. The minimum atomic E-state index is -5.03. The van der Waals surface area contributed by atoms with Crippen molar-refractivity contribution in [2.45, 2.75) is 101 Å². The lowest BCUT2D eigenvalue weighted by Crippen LogP contribution is -2.76. The molecule has 1 aromatic heterocycles. The Labute approximate surface area is 291 Å². The van der Waals surface area contributed by atoms with E-state index >= 15 is 0 Å². The van der Waals surface area contributed by atoms with Crippen LogP contribution in [0.1, 0.15) is 76.1 Å². The second-order valence-corrected chi connectivity index (χ2v) is 15.0. The molecule has 18 nitrogen and oxygen atoms in total. The first kappa shape index (κ1) is 36.9. The number of rotatable bonds is 11. The summed E-state index contributed by atoms with van der Waals surface area (Å²) in [6.07, 6.45) is 4.19. The Hall–Kier alpha value is -4.37. The van der Waals surface area contributed by atoms with Crippen molar-refractivity contribution in [3.05, 3.63) is 40.4 Å². The highest BCUT2D eigenvalue weighted by atomic mass is 32.3. The Bertz CT molecular complexity index is 1830. The summed E-state index contributed by atoms with van der Waals surface area (Å²) in [4.78, 5) is 53.2. The van der Waals surface area contributed by atoms with Gasteiger partial charge in [-0.3, -0.25) is 19.1 Å². The van der Waals surface area contributed by atoms with Crippen LogP contribution in [0.4, 0.5) is 5.13 Å². The molecule has 2 aromatic rings. The number of amidine groups is 1. The minimum Gasteiger partial charge on any atom is -0.485 e. The summed E-state index contributed by atoms with van der Waals surface area (Å²) in [6.45, 7) is 3.99. The summed E-state index contributed by atoms with van der Waals surface area (Å²) in [5, 5.41) is 18.4. The first-order valence-corrected chi connectivity index (χ1v) is 18.0. The summed E-state index contributed by atoms with van der Waals surface area (Å²) in [5.41, 5.74) is 15.6. The van der Waals surface area contributed by atoms with Gasteiger partial charge in [0.2, 0.25) is 0 Å². The first-order chi connectivity index (χ1) is 23.4. The number of carboxylic acid groups (broad SMARTS) is 1. The fourth-order valence-electron chi connectivity index (χ4n) is 6.04. The van der Waals surface area contributed by atoms with E-state index in [0.717, 1.165) is 54.6 Å². The van der Waals surface area contributed by atoms with E-state index in [1.54, 1.807) is 12.1 Å². The zero-order valence-electron chi connectivity index (χ0n) is 27.6. The number of oxime groups is 1. The highest BCUT2D eigenvalue weighted by molar-refractivity contribution is 7.80. The predicted molar refractivity (Wildman–Crippen MR) is 180 cm³/mol. The lowest BCUT2D eigenvalue weighted by molar-refractivity contribution is -0.218. The SMILES string of the molecule is CC(O/N=C(\C(=O)N[C@@H]1C(=O)N(OS(=O)(=O)O)C1(C)C)c1csc(N)n1)(C(=O)O)[C@H]1CCc2cc(C(N)=N[C@H]3CCC[C@@H](N)CC3)ccc2O1. The monoisotopic (exact) mass is 736 g/mol. The number of nitrogens with one attached hydrogen (secondary N) is 1. The number of aliphatic imine (C=N–C) groups is 1. The number of aromatic nitrogens is 1. The van der Waals surface area contributed by atoms with Gasteiger partial charge < -0.3 is 37.2 Å². The third-order valence-electron chi connectivity index (χ3n) is 9.07. The average molecular weight is 737 g/mol. The number of carbonyl (C=O) groups excluding carboxylic acids is 2. The molecule has 5 rings (SSSR count). The maximum absolute atomic E-state index is 13.5. The first-order valence-electron chi connectivity index (χ1n) is 15.8. The molecular formula is C30H40N8O10S2. The van der Waals surface area contributed by atoms with Crippen LogP contribution in [0.5, 0.6) is 5.75 Å². The van der Waals surface area contributed by atoms with Crippen molar-refractivity contribution in [3.8, 4) is 5.75 Å². The van der Waals surface area contributed by atoms with Crippen LogP contribution in [-0.2, 0) is 40.3 Å². The van der Waals surface area contributed by atoms with Gasteiger partial charge in [0.1, 0.15) is 23.3 Å². The molecule has 20 heteroatoms. The van der Waals surface area contributed by atoms with E-state index in [2.05, 4.69) is 19.7 Å². The van der Waals surface area contributed by atoms with Crippen LogP contribution in [0.2, 0.25) is 0 Å². The van der Waals surface area contributed by atoms with Crippen LogP contribution in [0.25, 0.3) is 0 Å². The number of amides is 2. The third kappa shape index (κ3) is 7.83. The number of nitrogens with two attached hydrogens (primary N) is 3. The largest absolute Gasteiger partial charge is 0.485 e.